The van der Waals surface area contributed by atoms with Crippen LogP contribution in [0.15, 0.2) is 10.9 Å². The molecule has 0 bridgehead atoms. The molecule has 88 valence electrons. The Hall–Kier alpha value is -0.770. The normalized spacial score (nSPS) is 11.3. The number of halogens is 5. The maximum atomic E-state index is 11.8. The van der Waals surface area contributed by atoms with E-state index in [1.54, 1.807) is 4.98 Å². The van der Waals surface area contributed by atoms with E-state index in [0.717, 1.165) is 6.07 Å². The minimum absolute atomic E-state index is 0.0272. The Kier molecular flexibility index (Phi) is 3.84. The van der Waals surface area contributed by atoms with Gasteiger partial charge in [-0.1, -0.05) is 0 Å². The van der Waals surface area contributed by atoms with Crippen LogP contribution in [0.2, 0.25) is 0 Å². The SMILES string of the molecule is O=C(Cl)c1c(I)cc(OC(F)(F)F)[nH]c1=O. The molecule has 1 aromatic heterocycles. The highest BCUT2D eigenvalue weighted by atomic mass is 127. The second-order valence-electron chi connectivity index (χ2n) is 2.51. The van der Waals surface area contributed by atoms with Gasteiger partial charge in [0, 0.05) is 9.64 Å². The van der Waals surface area contributed by atoms with Gasteiger partial charge in [0.15, 0.2) is 0 Å². The number of rotatable bonds is 2. The molecule has 0 amide bonds. The zero-order valence-electron chi connectivity index (χ0n) is 7.19. The molecule has 0 spiro atoms. The van der Waals surface area contributed by atoms with Crippen LogP contribution in [-0.2, 0) is 0 Å². The molecule has 4 nitrogen and oxygen atoms in total. The molecule has 16 heavy (non-hydrogen) atoms. The summed E-state index contributed by atoms with van der Waals surface area (Å²) in [5, 5.41) is -1.05. The number of hydrogen-bond donors (Lipinski definition) is 1. The number of hydrogen-bond acceptors (Lipinski definition) is 3. The van der Waals surface area contributed by atoms with E-state index in [1.807, 2.05) is 0 Å². The topological polar surface area (TPSA) is 59.2 Å². The summed E-state index contributed by atoms with van der Waals surface area (Å²) in [7, 11) is 0. The van der Waals surface area contributed by atoms with Crippen molar-refractivity contribution >= 4 is 39.4 Å². The van der Waals surface area contributed by atoms with Crippen molar-refractivity contribution in [3.8, 4) is 5.88 Å². The summed E-state index contributed by atoms with van der Waals surface area (Å²) in [6.45, 7) is 0. The molecule has 9 heteroatoms. The first-order valence-corrected chi connectivity index (χ1v) is 5.05. The van der Waals surface area contributed by atoms with Crippen LogP contribution in [0, 0.1) is 3.57 Å². The Labute approximate surface area is 105 Å². The first-order valence-electron chi connectivity index (χ1n) is 3.59. The largest absolute Gasteiger partial charge is 0.574 e. The van der Waals surface area contributed by atoms with Crippen molar-refractivity contribution in [1.82, 2.24) is 4.98 Å². The molecule has 0 aliphatic heterocycles. The molecule has 0 saturated heterocycles. The second kappa shape index (κ2) is 4.62. The lowest BCUT2D eigenvalue weighted by atomic mass is 10.3. The molecule has 1 N–H and O–H groups in total. The zero-order valence-corrected chi connectivity index (χ0v) is 10.1. The molecule has 0 radical (unpaired) electrons. The van der Waals surface area contributed by atoms with E-state index in [9.17, 15) is 22.8 Å². The standard InChI is InChI=1S/C7H2ClF3INO3/c8-5(14)4-2(12)1-3(13-6(4)15)16-7(9,10)11/h1H,(H,13,15). The van der Waals surface area contributed by atoms with Crippen LogP contribution in [0.4, 0.5) is 13.2 Å². The van der Waals surface area contributed by atoms with Crippen LogP contribution >= 0.6 is 34.2 Å². The van der Waals surface area contributed by atoms with Crippen molar-refractivity contribution in [3.63, 3.8) is 0 Å². The smallest absolute Gasteiger partial charge is 0.390 e. The molecule has 0 atom stereocenters. The summed E-state index contributed by atoms with van der Waals surface area (Å²) in [4.78, 5) is 23.7. The third kappa shape index (κ3) is 3.37. The summed E-state index contributed by atoms with van der Waals surface area (Å²) in [5.74, 6) is -0.802. The molecular formula is C7H2ClF3INO3. The Balaban J connectivity index is 3.21. The molecule has 0 fully saturated rings. The third-order valence-electron chi connectivity index (χ3n) is 1.38. The van der Waals surface area contributed by atoms with Crippen molar-refractivity contribution in [3.05, 3.63) is 25.6 Å². The Morgan fingerprint density at radius 1 is 1.50 bits per heavy atom. The molecule has 0 aliphatic rings. The number of carbonyl (C=O) groups excluding carboxylic acids is 1. The van der Waals surface area contributed by atoms with Crippen molar-refractivity contribution < 1.29 is 22.7 Å². The number of aromatic amines is 1. The number of carbonyl (C=O) groups is 1. The number of alkyl halides is 3. The van der Waals surface area contributed by atoms with Gasteiger partial charge in [0.25, 0.3) is 10.8 Å². The van der Waals surface area contributed by atoms with Gasteiger partial charge in [0.2, 0.25) is 5.88 Å². The second-order valence-corrected chi connectivity index (χ2v) is 4.01. The molecule has 0 aromatic carbocycles. The molecule has 1 heterocycles. The third-order valence-corrected chi connectivity index (χ3v) is 2.42. The quantitative estimate of drug-likeness (QED) is 0.644. The summed E-state index contributed by atoms with van der Waals surface area (Å²) in [6.07, 6.45) is -4.92. The minimum atomic E-state index is -4.92. The van der Waals surface area contributed by atoms with Gasteiger partial charge in [0.1, 0.15) is 5.56 Å². The first kappa shape index (κ1) is 13.3. The molecule has 0 saturated carbocycles. The summed E-state index contributed by atoms with van der Waals surface area (Å²) < 4.78 is 38.9. The van der Waals surface area contributed by atoms with E-state index in [2.05, 4.69) is 4.74 Å². The summed E-state index contributed by atoms with van der Waals surface area (Å²) >= 11 is 6.58. The van der Waals surface area contributed by atoms with E-state index in [0.29, 0.717) is 0 Å². The maximum absolute atomic E-state index is 11.8. The molecule has 1 aromatic rings. The Bertz CT molecular complexity index is 485. The fraction of sp³-hybridized carbons (Fsp3) is 0.143. The molecular weight excluding hydrogens is 365 g/mol. The lowest BCUT2D eigenvalue weighted by Crippen LogP contribution is -2.23. The van der Waals surface area contributed by atoms with Gasteiger partial charge in [-0.2, -0.15) is 0 Å². The van der Waals surface area contributed by atoms with Crippen LogP contribution in [-0.4, -0.2) is 16.6 Å². The first-order chi connectivity index (χ1) is 7.20. The number of aromatic nitrogens is 1. The van der Waals surface area contributed by atoms with E-state index >= 15 is 0 Å². The number of H-pyrrole nitrogens is 1. The van der Waals surface area contributed by atoms with Gasteiger partial charge in [-0.25, -0.2) is 0 Å². The van der Waals surface area contributed by atoms with E-state index in [-0.39, 0.29) is 3.57 Å². The highest BCUT2D eigenvalue weighted by Crippen LogP contribution is 2.22. The van der Waals surface area contributed by atoms with Gasteiger partial charge in [-0.15, -0.1) is 13.2 Å². The van der Waals surface area contributed by atoms with E-state index < -0.39 is 28.6 Å². The lowest BCUT2D eigenvalue weighted by molar-refractivity contribution is -0.276. The molecule has 1 rings (SSSR count). The van der Waals surface area contributed by atoms with Crippen molar-refractivity contribution in [2.45, 2.75) is 6.36 Å². The average Bonchev–Trinajstić information content (AvgIpc) is 1.96. The van der Waals surface area contributed by atoms with Gasteiger partial charge < -0.3 is 4.74 Å². The Morgan fingerprint density at radius 2 is 2.06 bits per heavy atom. The number of nitrogens with one attached hydrogen (secondary N) is 1. The highest BCUT2D eigenvalue weighted by molar-refractivity contribution is 14.1. The predicted molar refractivity (Wildman–Crippen MR) is 56.6 cm³/mol. The van der Waals surface area contributed by atoms with Gasteiger partial charge in [-0.05, 0) is 34.2 Å². The van der Waals surface area contributed by atoms with Crippen LogP contribution < -0.4 is 10.3 Å². The van der Waals surface area contributed by atoms with E-state index in [1.165, 1.54) is 22.6 Å². The van der Waals surface area contributed by atoms with Crippen molar-refractivity contribution in [2.24, 2.45) is 0 Å². The highest BCUT2D eigenvalue weighted by Gasteiger charge is 2.32. The van der Waals surface area contributed by atoms with Crippen molar-refractivity contribution in [2.75, 3.05) is 0 Å². The molecule has 0 aliphatic carbocycles. The monoisotopic (exact) mass is 367 g/mol. The Morgan fingerprint density at radius 3 is 2.44 bits per heavy atom. The fourth-order valence-corrected chi connectivity index (χ4v) is 1.99. The zero-order chi connectivity index (χ0) is 12.5. The molecule has 0 unspecified atom stereocenters. The van der Waals surface area contributed by atoms with Crippen LogP contribution in [0.3, 0.4) is 0 Å². The van der Waals surface area contributed by atoms with Crippen LogP contribution in [0.25, 0.3) is 0 Å². The summed E-state index contributed by atoms with van der Waals surface area (Å²) in [5.41, 5.74) is -1.46. The average molecular weight is 367 g/mol. The van der Waals surface area contributed by atoms with Gasteiger partial charge >= 0.3 is 6.36 Å². The fourth-order valence-electron chi connectivity index (χ4n) is 0.869. The van der Waals surface area contributed by atoms with Crippen molar-refractivity contribution in [1.29, 1.82) is 0 Å². The van der Waals surface area contributed by atoms with Gasteiger partial charge in [0.05, 0.1) is 0 Å². The van der Waals surface area contributed by atoms with Crippen LogP contribution in [0.1, 0.15) is 10.4 Å². The maximum Gasteiger partial charge on any atom is 0.574 e. The van der Waals surface area contributed by atoms with E-state index in [4.69, 9.17) is 11.6 Å². The van der Waals surface area contributed by atoms with Crippen LogP contribution in [0.5, 0.6) is 5.88 Å². The summed E-state index contributed by atoms with van der Waals surface area (Å²) in [6, 6.07) is 0.852. The minimum Gasteiger partial charge on any atom is -0.390 e. The number of pyridine rings is 1. The predicted octanol–water partition coefficient (Wildman–Crippen LogP) is 2.26. The number of ether oxygens (including phenoxy) is 1. The van der Waals surface area contributed by atoms with Gasteiger partial charge in [-0.3, -0.25) is 14.6 Å². The lowest BCUT2D eigenvalue weighted by Gasteiger charge is -2.09.